The molecule has 0 atom stereocenters. The average Bonchev–Trinajstić information content (AvgIpc) is 3.73. The molecule has 3 amide bonds. The lowest BCUT2D eigenvalue weighted by Crippen LogP contribution is -2.37. The molecule has 2 heterocycles. The minimum absolute atomic E-state index is 0.0138. The second-order valence-electron chi connectivity index (χ2n) is 17.7. The summed E-state index contributed by atoms with van der Waals surface area (Å²) in [7, 11) is 0. The Bertz CT molecular complexity index is 2150. The first-order valence-corrected chi connectivity index (χ1v) is 27.8. The van der Waals surface area contributed by atoms with Gasteiger partial charge in [0.1, 0.15) is 11.9 Å². The van der Waals surface area contributed by atoms with Gasteiger partial charge in [-0.25, -0.2) is 18.6 Å². The third-order valence-electron chi connectivity index (χ3n) is 11.4. The first-order chi connectivity index (χ1) is 38.9. The SMILES string of the molecule is CCCN(CCCNC(=O)OC1CCC1)C(=O)C1=Cc2sc(CNC(=O)CCOCCOCCOCCOCCOCCOCCOCCOCCOCCOCCOCCC(=O)Oc3c(F)c(F)cc(F)c3F)cc2N=C(N)C1. The smallest absolute Gasteiger partial charge is 0.407 e. The number of amidine groups is 1. The lowest BCUT2D eigenvalue weighted by molar-refractivity contribution is -0.136. The average molecular weight is 1170 g/mol. The summed E-state index contributed by atoms with van der Waals surface area (Å²) in [6.07, 6.45) is 5.72. The summed E-state index contributed by atoms with van der Waals surface area (Å²) in [4.78, 5) is 57.9. The Hall–Kier alpha value is -4.91. The molecule has 22 nitrogen and oxygen atoms in total. The van der Waals surface area contributed by atoms with Crippen molar-refractivity contribution in [3.63, 3.8) is 0 Å². The summed E-state index contributed by atoms with van der Waals surface area (Å²) in [5, 5.41) is 5.69. The van der Waals surface area contributed by atoms with Gasteiger partial charge >= 0.3 is 12.1 Å². The van der Waals surface area contributed by atoms with Crippen LogP contribution < -0.4 is 21.1 Å². The zero-order valence-electron chi connectivity index (χ0n) is 45.7. The van der Waals surface area contributed by atoms with E-state index in [4.69, 9.17) is 62.6 Å². The second-order valence-corrected chi connectivity index (χ2v) is 18.9. The summed E-state index contributed by atoms with van der Waals surface area (Å²) in [5.74, 6) is -9.48. The van der Waals surface area contributed by atoms with Crippen molar-refractivity contribution >= 4 is 52.8 Å². The molecule has 0 unspecified atom stereocenters. The fourth-order valence-electron chi connectivity index (χ4n) is 7.09. The fraction of sp³-hybridized carbons (Fsp3) is 0.679. The summed E-state index contributed by atoms with van der Waals surface area (Å²) in [6.45, 7) is 11.1. The van der Waals surface area contributed by atoms with E-state index >= 15 is 0 Å². The van der Waals surface area contributed by atoms with Crippen LogP contribution in [0.3, 0.4) is 0 Å². The lowest BCUT2D eigenvalue weighted by atomic mass is 9.96. The number of esters is 1. The molecule has 0 spiro atoms. The van der Waals surface area contributed by atoms with Crippen LogP contribution in [0.4, 0.5) is 28.0 Å². The maximum absolute atomic E-state index is 13.7. The number of nitrogens with two attached hydrogens (primary N) is 1. The van der Waals surface area contributed by atoms with E-state index in [0.29, 0.717) is 162 Å². The van der Waals surface area contributed by atoms with Crippen LogP contribution in [0.15, 0.2) is 22.7 Å². The molecule has 0 radical (unpaired) electrons. The number of nitrogens with one attached hydrogen (secondary N) is 2. The van der Waals surface area contributed by atoms with Crippen LogP contribution in [0, 0.1) is 23.3 Å². The molecule has 4 N–H and O–H groups in total. The zero-order valence-corrected chi connectivity index (χ0v) is 46.5. The molecular formula is C53H79F4N5O17S. The van der Waals surface area contributed by atoms with Crippen molar-refractivity contribution < 1.29 is 98.3 Å². The van der Waals surface area contributed by atoms with E-state index in [2.05, 4.69) is 20.4 Å². The largest absolute Gasteiger partial charge is 0.446 e. The molecule has 4 rings (SSSR count). The van der Waals surface area contributed by atoms with Crippen molar-refractivity contribution in [2.24, 2.45) is 10.7 Å². The van der Waals surface area contributed by atoms with Gasteiger partial charge in [0, 0.05) is 49.0 Å². The van der Waals surface area contributed by atoms with Crippen molar-refractivity contribution in [1.82, 2.24) is 15.5 Å². The Kier molecular flexibility index (Phi) is 35.5. The van der Waals surface area contributed by atoms with Gasteiger partial charge in [-0.1, -0.05) is 6.92 Å². The molecule has 1 aliphatic heterocycles. The minimum atomic E-state index is -1.80. The van der Waals surface area contributed by atoms with Crippen LogP contribution >= 0.6 is 11.3 Å². The van der Waals surface area contributed by atoms with E-state index in [-0.39, 0.29) is 69.9 Å². The molecule has 2 aliphatic rings. The quantitative estimate of drug-likeness (QED) is 0.0254. The number of hydrogen-bond acceptors (Lipinski definition) is 20. The minimum Gasteiger partial charge on any atom is -0.446 e. The first kappa shape index (κ1) is 67.6. The number of carbonyl (C=O) groups is 4. The molecule has 80 heavy (non-hydrogen) atoms. The number of halogens is 4. The maximum Gasteiger partial charge on any atom is 0.407 e. The van der Waals surface area contributed by atoms with Crippen LogP contribution in [0.25, 0.3) is 6.08 Å². The monoisotopic (exact) mass is 1170 g/mol. The molecule has 0 bridgehead atoms. The highest BCUT2D eigenvalue weighted by atomic mass is 32.1. The van der Waals surface area contributed by atoms with Gasteiger partial charge in [-0.2, -0.15) is 8.78 Å². The van der Waals surface area contributed by atoms with Crippen molar-refractivity contribution in [3.8, 4) is 5.75 Å². The number of amides is 3. The Labute approximate surface area is 468 Å². The number of fused-ring (bicyclic) bond motifs is 1. The highest BCUT2D eigenvalue weighted by Gasteiger charge is 2.25. The molecule has 1 aromatic carbocycles. The highest BCUT2D eigenvalue weighted by Crippen LogP contribution is 2.35. The number of alkyl carbamates (subject to hydrolysis) is 1. The van der Waals surface area contributed by atoms with E-state index in [1.165, 1.54) is 11.3 Å². The maximum atomic E-state index is 13.7. The van der Waals surface area contributed by atoms with Crippen LogP contribution in [-0.2, 0) is 77.8 Å². The summed E-state index contributed by atoms with van der Waals surface area (Å²) >= 11 is 1.45. The Morgan fingerprint density at radius 1 is 0.637 bits per heavy atom. The lowest BCUT2D eigenvalue weighted by Gasteiger charge is -2.25. The predicted molar refractivity (Wildman–Crippen MR) is 284 cm³/mol. The van der Waals surface area contributed by atoms with Gasteiger partial charge in [-0.15, -0.1) is 11.3 Å². The number of aliphatic imine (C=N–C) groups is 1. The highest BCUT2D eigenvalue weighted by molar-refractivity contribution is 7.13. The number of nitrogens with zero attached hydrogens (tertiary/aromatic N) is 2. The number of carbonyl (C=O) groups excluding carboxylic acids is 4. The molecule has 0 saturated heterocycles. The van der Waals surface area contributed by atoms with Gasteiger partial charge in [-0.05, 0) is 44.2 Å². The zero-order chi connectivity index (χ0) is 57.4. The third-order valence-corrected chi connectivity index (χ3v) is 12.5. The first-order valence-electron chi connectivity index (χ1n) is 27.0. The van der Waals surface area contributed by atoms with Gasteiger partial charge in [-0.3, -0.25) is 14.4 Å². The van der Waals surface area contributed by atoms with Crippen LogP contribution in [-0.4, -0.2) is 206 Å². The van der Waals surface area contributed by atoms with Crippen LogP contribution in [0.2, 0.25) is 0 Å². The van der Waals surface area contributed by atoms with Gasteiger partial charge in [0.25, 0.3) is 0 Å². The van der Waals surface area contributed by atoms with Crippen molar-refractivity contribution in [2.75, 3.05) is 165 Å². The molecule has 1 aromatic heterocycles. The number of ether oxygens (including phenoxy) is 13. The standard InChI is InChI=1S/C53H79F4N5O17S/c1-2-10-62(11-4-9-59-53(66)78-40-5-3-6-40)52(65)39-34-45-44(61-46(58)35-39)36-41(80-45)38-60-47(63)7-12-67-14-16-69-18-20-71-22-24-73-26-28-75-30-32-77-33-31-76-29-27-74-25-23-72-21-19-70-17-15-68-13-8-48(64)79-51-49(56)42(54)37-43(55)50(51)57/h34,36-37,40H,2-33,35,38H2,1H3,(H2,58,61)(H,59,66)(H,60,63). The van der Waals surface area contributed by atoms with Crippen LogP contribution in [0.1, 0.15) is 68.0 Å². The Morgan fingerprint density at radius 2 is 1.10 bits per heavy atom. The molecule has 1 aliphatic carbocycles. The van der Waals surface area contributed by atoms with E-state index < -0.39 is 47.5 Å². The van der Waals surface area contributed by atoms with Gasteiger partial charge in [0.2, 0.25) is 29.2 Å². The summed E-state index contributed by atoms with van der Waals surface area (Å²) in [6, 6.07) is 1.89. The normalized spacial score (nSPS) is 13.3. The third kappa shape index (κ3) is 29.2. The number of benzene rings is 1. The van der Waals surface area contributed by atoms with Crippen molar-refractivity contribution in [2.45, 2.75) is 70.9 Å². The van der Waals surface area contributed by atoms with Gasteiger partial charge in [0.15, 0.2) is 11.6 Å². The van der Waals surface area contributed by atoms with E-state index in [1.54, 1.807) is 4.90 Å². The van der Waals surface area contributed by atoms with Crippen molar-refractivity contribution in [1.29, 1.82) is 0 Å². The number of rotatable bonds is 47. The van der Waals surface area contributed by atoms with Gasteiger partial charge in [0.05, 0.1) is 169 Å². The molecule has 452 valence electrons. The van der Waals surface area contributed by atoms with E-state index in [9.17, 15) is 36.7 Å². The fourth-order valence-corrected chi connectivity index (χ4v) is 8.10. The molecule has 2 aromatic rings. The topological polar surface area (TPSA) is 254 Å². The summed E-state index contributed by atoms with van der Waals surface area (Å²) in [5.41, 5.74) is 7.45. The molecule has 27 heteroatoms. The Morgan fingerprint density at radius 3 is 1.55 bits per heavy atom. The second kappa shape index (κ2) is 42.0. The Balaban J connectivity index is 0.837. The molecule has 1 saturated carbocycles. The number of thiophene rings is 1. The van der Waals surface area contributed by atoms with Crippen molar-refractivity contribution in [3.05, 3.63) is 50.7 Å². The summed E-state index contributed by atoms with van der Waals surface area (Å²) < 4.78 is 123. The predicted octanol–water partition coefficient (Wildman–Crippen LogP) is 5.17. The van der Waals surface area contributed by atoms with Crippen LogP contribution in [0.5, 0.6) is 5.75 Å². The number of hydrogen-bond donors (Lipinski definition) is 3. The molecule has 1 fully saturated rings. The molecular weight excluding hydrogens is 1090 g/mol. The van der Waals surface area contributed by atoms with E-state index in [1.807, 2.05) is 19.1 Å². The van der Waals surface area contributed by atoms with E-state index in [0.717, 1.165) is 35.4 Å². The van der Waals surface area contributed by atoms with Gasteiger partial charge < -0.3 is 82.8 Å².